The van der Waals surface area contributed by atoms with Crippen molar-refractivity contribution in [2.24, 2.45) is 5.92 Å². The number of rotatable bonds is 3. The molecule has 3 heterocycles. The van der Waals surface area contributed by atoms with E-state index >= 15 is 0 Å². The van der Waals surface area contributed by atoms with E-state index in [9.17, 15) is 9.90 Å². The van der Waals surface area contributed by atoms with E-state index in [-0.39, 0.29) is 5.92 Å². The Morgan fingerprint density at radius 3 is 2.72 bits per heavy atom. The van der Waals surface area contributed by atoms with Gasteiger partial charge in [0, 0.05) is 31.0 Å². The fourth-order valence-corrected chi connectivity index (χ4v) is 3.48. The molecule has 1 N–H and O–H groups in total. The molecule has 0 saturated carbocycles. The molecule has 1 saturated heterocycles. The number of hydrogen-bond donors (Lipinski definition) is 1. The van der Waals surface area contributed by atoms with Crippen molar-refractivity contribution in [2.45, 2.75) is 19.8 Å². The Bertz CT molecular complexity index is 926. The number of fused-ring (bicyclic) bond motifs is 1. The molecule has 0 spiro atoms. The minimum absolute atomic E-state index is 0.247. The Morgan fingerprint density at radius 1 is 1.24 bits per heavy atom. The molecule has 6 nitrogen and oxygen atoms in total. The molecule has 128 valence electrons. The van der Waals surface area contributed by atoms with Crippen LogP contribution in [0.1, 0.15) is 18.4 Å². The number of aryl methyl sites for hydroxylation is 1. The molecule has 1 aliphatic rings. The summed E-state index contributed by atoms with van der Waals surface area (Å²) in [7, 11) is 0. The van der Waals surface area contributed by atoms with Crippen LogP contribution in [-0.4, -0.2) is 38.8 Å². The lowest BCUT2D eigenvalue weighted by Crippen LogP contribution is -2.37. The van der Waals surface area contributed by atoms with Gasteiger partial charge in [-0.05, 0) is 31.4 Å². The summed E-state index contributed by atoms with van der Waals surface area (Å²) in [6.07, 6.45) is 4.90. The Labute approximate surface area is 145 Å². The number of aromatic nitrogens is 3. The van der Waals surface area contributed by atoms with Crippen LogP contribution in [0.25, 0.3) is 16.8 Å². The highest BCUT2D eigenvalue weighted by Gasteiger charge is 2.26. The van der Waals surface area contributed by atoms with Crippen LogP contribution in [0.4, 0.5) is 5.82 Å². The van der Waals surface area contributed by atoms with Crippen LogP contribution in [-0.2, 0) is 4.79 Å². The number of benzene rings is 1. The number of piperidine rings is 1. The van der Waals surface area contributed by atoms with Gasteiger partial charge in [0.2, 0.25) is 0 Å². The van der Waals surface area contributed by atoms with Crippen LogP contribution < -0.4 is 4.90 Å². The van der Waals surface area contributed by atoms with E-state index in [1.54, 1.807) is 6.20 Å². The summed E-state index contributed by atoms with van der Waals surface area (Å²) in [6.45, 7) is 3.48. The molecular formula is C19H20N4O2. The monoisotopic (exact) mass is 336 g/mol. The summed E-state index contributed by atoms with van der Waals surface area (Å²) in [5.41, 5.74) is 4.17. The summed E-state index contributed by atoms with van der Waals surface area (Å²) in [4.78, 5) is 17.9. The SMILES string of the molecule is Cc1ccccc1-c1cc2c(N3CCC(C(=O)O)CC3)nccn2n1. The van der Waals surface area contributed by atoms with Gasteiger partial charge in [-0.15, -0.1) is 0 Å². The molecule has 0 amide bonds. The lowest BCUT2D eigenvalue weighted by molar-refractivity contribution is -0.142. The van der Waals surface area contributed by atoms with Crippen LogP contribution in [0.3, 0.4) is 0 Å². The normalized spacial score (nSPS) is 15.6. The smallest absolute Gasteiger partial charge is 0.306 e. The second-order valence-corrected chi connectivity index (χ2v) is 6.52. The first-order valence-electron chi connectivity index (χ1n) is 8.51. The van der Waals surface area contributed by atoms with E-state index in [0.29, 0.717) is 25.9 Å². The van der Waals surface area contributed by atoms with Crippen LogP contribution in [0, 0.1) is 12.8 Å². The number of nitrogens with zero attached hydrogens (tertiary/aromatic N) is 4. The van der Waals surface area contributed by atoms with Crippen molar-refractivity contribution >= 4 is 17.3 Å². The largest absolute Gasteiger partial charge is 0.481 e. The van der Waals surface area contributed by atoms with Crippen LogP contribution in [0.5, 0.6) is 0 Å². The highest BCUT2D eigenvalue weighted by atomic mass is 16.4. The zero-order chi connectivity index (χ0) is 17.4. The quantitative estimate of drug-likeness (QED) is 0.796. The summed E-state index contributed by atoms with van der Waals surface area (Å²) >= 11 is 0. The Morgan fingerprint density at radius 2 is 2.00 bits per heavy atom. The maximum atomic E-state index is 11.2. The number of anilines is 1. The molecule has 1 fully saturated rings. The van der Waals surface area contributed by atoms with E-state index in [1.165, 1.54) is 5.56 Å². The third-order valence-corrected chi connectivity index (χ3v) is 4.93. The molecule has 0 bridgehead atoms. The predicted octanol–water partition coefficient (Wildman–Crippen LogP) is 3.01. The van der Waals surface area contributed by atoms with E-state index < -0.39 is 5.97 Å². The number of hydrogen-bond acceptors (Lipinski definition) is 4. The molecule has 0 radical (unpaired) electrons. The molecule has 0 atom stereocenters. The Kier molecular flexibility index (Phi) is 3.87. The van der Waals surface area contributed by atoms with Gasteiger partial charge in [-0.1, -0.05) is 24.3 Å². The van der Waals surface area contributed by atoms with Crippen molar-refractivity contribution in [3.8, 4) is 11.3 Å². The Hall–Kier alpha value is -2.89. The van der Waals surface area contributed by atoms with Gasteiger partial charge < -0.3 is 10.0 Å². The molecule has 3 aromatic rings. The molecule has 0 aliphatic carbocycles. The van der Waals surface area contributed by atoms with Crippen molar-refractivity contribution in [1.29, 1.82) is 0 Å². The van der Waals surface area contributed by atoms with Gasteiger partial charge in [-0.3, -0.25) is 4.79 Å². The van der Waals surface area contributed by atoms with Crippen LogP contribution in [0.15, 0.2) is 42.7 Å². The fourth-order valence-electron chi connectivity index (χ4n) is 3.48. The van der Waals surface area contributed by atoms with Crippen molar-refractivity contribution in [3.63, 3.8) is 0 Å². The maximum Gasteiger partial charge on any atom is 0.306 e. The molecule has 1 aliphatic heterocycles. The van der Waals surface area contributed by atoms with E-state index in [4.69, 9.17) is 5.10 Å². The standard InChI is InChI=1S/C19H20N4O2/c1-13-4-2-3-5-15(13)16-12-17-18(20-8-11-23(17)21-16)22-9-6-14(7-10-22)19(24)25/h2-5,8,11-12,14H,6-7,9-10H2,1H3,(H,24,25). The minimum atomic E-state index is -0.697. The van der Waals surface area contributed by atoms with E-state index in [1.807, 2.05) is 22.8 Å². The van der Waals surface area contributed by atoms with Gasteiger partial charge >= 0.3 is 5.97 Å². The molecule has 0 unspecified atom stereocenters. The third kappa shape index (κ3) is 2.84. The molecule has 4 rings (SSSR count). The summed E-state index contributed by atoms with van der Waals surface area (Å²) < 4.78 is 1.85. The van der Waals surface area contributed by atoms with Crippen molar-refractivity contribution in [1.82, 2.24) is 14.6 Å². The molecule has 25 heavy (non-hydrogen) atoms. The number of carbonyl (C=O) groups is 1. The van der Waals surface area contributed by atoms with E-state index in [0.717, 1.165) is 22.6 Å². The first-order chi connectivity index (χ1) is 12.1. The summed E-state index contributed by atoms with van der Waals surface area (Å²) in [5.74, 6) is -0.0703. The van der Waals surface area contributed by atoms with Crippen molar-refractivity contribution in [3.05, 3.63) is 48.3 Å². The predicted molar refractivity (Wildman–Crippen MR) is 95.7 cm³/mol. The van der Waals surface area contributed by atoms with Crippen LogP contribution in [0.2, 0.25) is 0 Å². The van der Waals surface area contributed by atoms with Gasteiger partial charge in [0.05, 0.1) is 11.6 Å². The maximum absolute atomic E-state index is 11.2. The van der Waals surface area contributed by atoms with Gasteiger partial charge in [0.25, 0.3) is 0 Å². The highest BCUT2D eigenvalue weighted by Crippen LogP contribution is 2.29. The lowest BCUT2D eigenvalue weighted by Gasteiger charge is -2.31. The topological polar surface area (TPSA) is 70.7 Å². The zero-order valence-corrected chi connectivity index (χ0v) is 14.1. The van der Waals surface area contributed by atoms with Gasteiger partial charge in [-0.2, -0.15) is 5.10 Å². The van der Waals surface area contributed by atoms with Crippen LogP contribution >= 0.6 is 0 Å². The average molecular weight is 336 g/mol. The third-order valence-electron chi connectivity index (χ3n) is 4.93. The van der Waals surface area contributed by atoms with Gasteiger partial charge in [0.15, 0.2) is 5.82 Å². The number of carboxylic acid groups (broad SMARTS) is 1. The second kappa shape index (κ2) is 6.20. The number of carboxylic acids is 1. The highest BCUT2D eigenvalue weighted by molar-refractivity contribution is 5.77. The average Bonchev–Trinajstić information content (AvgIpc) is 3.06. The summed E-state index contributed by atoms with van der Waals surface area (Å²) in [5, 5.41) is 13.9. The summed E-state index contributed by atoms with van der Waals surface area (Å²) in [6, 6.07) is 10.3. The fraction of sp³-hybridized carbons (Fsp3) is 0.316. The number of aliphatic carboxylic acids is 1. The first-order valence-corrected chi connectivity index (χ1v) is 8.51. The van der Waals surface area contributed by atoms with Gasteiger partial charge in [-0.25, -0.2) is 9.50 Å². The minimum Gasteiger partial charge on any atom is -0.481 e. The second-order valence-electron chi connectivity index (χ2n) is 6.52. The zero-order valence-electron chi connectivity index (χ0n) is 14.1. The van der Waals surface area contributed by atoms with Crippen molar-refractivity contribution < 1.29 is 9.90 Å². The van der Waals surface area contributed by atoms with Gasteiger partial charge in [0.1, 0.15) is 5.52 Å². The molecule has 6 heteroatoms. The van der Waals surface area contributed by atoms with Crippen molar-refractivity contribution in [2.75, 3.05) is 18.0 Å². The molecule has 2 aromatic heterocycles. The lowest BCUT2D eigenvalue weighted by atomic mass is 9.97. The molecule has 1 aromatic carbocycles. The molecular weight excluding hydrogens is 316 g/mol. The Balaban J connectivity index is 1.69. The first kappa shape index (κ1) is 15.6. The van der Waals surface area contributed by atoms with E-state index in [2.05, 4.69) is 35.0 Å².